The standard InChI is InChI=1S/C20H28ClNO5.C15H20ClNO3/c1-12-16(18(23)25-5)10-13(21)11-17(12)26-15-8-6-14(7-9-15)22-19(24)27-20(2,3)4;1-9-13(15(18)19-2)7-10(16)8-14(9)20-12-5-3-11(17)4-6-12/h10-11,14-15H,6-9H2,1-5H3,(H,22,24);7-8,11-12H,3-6,17H2,1-2H3. The van der Waals surface area contributed by atoms with Gasteiger partial charge in [0.2, 0.25) is 0 Å². The first-order valence-electron chi connectivity index (χ1n) is 16.0. The molecule has 10 nitrogen and oxygen atoms in total. The third-order valence-electron chi connectivity index (χ3n) is 8.16. The number of carbonyl (C=O) groups is 3. The lowest BCUT2D eigenvalue weighted by Crippen LogP contribution is -2.42. The molecule has 47 heavy (non-hydrogen) atoms. The molecule has 0 saturated heterocycles. The van der Waals surface area contributed by atoms with Gasteiger partial charge in [-0.3, -0.25) is 0 Å². The molecule has 2 aromatic carbocycles. The van der Waals surface area contributed by atoms with Crippen molar-refractivity contribution in [3.05, 3.63) is 56.6 Å². The van der Waals surface area contributed by atoms with Crippen molar-refractivity contribution in [2.24, 2.45) is 5.73 Å². The fourth-order valence-electron chi connectivity index (χ4n) is 5.56. The third kappa shape index (κ3) is 11.8. The van der Waals surface area contributed by atoms with E-state index in [0.717, 1.165) is 56.9 Å². The Hall–Kier alpha value is -3.21. The SMILES string of the molecule is COC(=O)c1cc(Cl)cc(OC2CCC(N)CC2)c1C.COC(=O)c1cc(Cl)cc(OC2CCC(NC(=O)OC(C)(C)C)CC2)c1C. The molecular formula is C35H48Cl2N2O8. The molecule has 3 N–H and O–H groups in total. The Morgan fingerprint density at radius 2 is 1.13 bits per heavy atom. The summed E-state index contributed by atoms with van der Waals surface area (Å²) in [7, 11) is 2.69. The molecule has 0 radical (unpaired) electrons. The topological polar surface area (TPSA) is 135 Å². The van der Waals surface area contributed by atoms with E-state index >= 15 is 0 Å². The first-order valence-corrected chi connectivity index (χ1v) is 16.7. The molecule has 0 bridgehead atoms. The van der Waals surface area contributed by atoms with E-state index in [-0.39, 0.29) is 30.4 Å². The van der Waals surface area contributed by atoms with Gasteiger partial charge in [-0.25, -0.2) is 14.4 Å². The van der Waals surface area contributed by atoms with Crippen molar-refractivity contribution >= 4 is 41.2 Å². The van der Waals surface area contributed by atoms with Crippen LogP contribution < -0.4 is 20.5 Å². The first kappa shape index (κ1) is 38.2. The average Bonchev–Trinajstić information content (AvgIpc) is 3.01. The van der Waals surface area contributed by atoms with E-state index in [9.17, 15) is 14.4 Å². The Morgan fingerprint density at radius 3 is 1.51 bits per heavy atom. The number of ether oxygens (including phenoxy) is 5. The van der Waals surface area contributed by atoms with Crippen LogP contribution in [0.4, 0.5) is 4.79 Å². The highest BCUT2D eigenvalue weighted by molar-refractivity contribution is 6.31. The zero-order chi connectivity index (χ0) is 34.9. The van der Waals surface area contributed by atoms with Gasteiger partial charge >= 0.3 is 18.0 Å². The summed E-state index contributed by atoms with van der Waals surface area (Å²) in [6, 6.07) is 7.00. The number of carbonyl (C=O) groups excluding carboxylic acids is 3. The highest BCUT2D eigenvalue weighted by Gasteiger charge is 2.27. The van der Waals surface area contributed by atoms with E-state index < -0.39 is 17.5 Å². The Kier molecular flexibility index (Phi) is 14.0. The Bertz CT molecular complexity index is 1390. The van der Waals surface area contributed by atoms with Crippen LogP contribution in [0.1, 0.15) is 104 Å². The number of esters is 2. The summed E-state index contributed by atoms with van der Waals surface area (Å²) in [5, 5.41) is 3.81. The van der Waals surface area contributed by atoms with Crippen molar-refractivity contribution in [3.63, 3.8) is 0 Å². The molecule has 0 aliphatic heterocycles. The minimum atomic E-state index is -0.508. The maximum atomic E-state index is 11.9. The van der Waals surface area contributed by atoms with Gasteiger partial charge < -0.3 is 34.7 Å². The van der Waals surface area contributed by atoms with Crippen molar-refractivity contribution in [1.29, 1.82) is 0 Å². The minimum absolute atomic E-state index is 0.00403. The quantitative estimate of drug-likeness (QED) is 0.220. The molecule has 4 rings (SSSR count). The summed E-state index contributed by atoms with van der Waals surface area (Å²) in [6.07, 6.45) is 6.73. The van der Waals surface area contributed by atoms with Crippen LogP contribution in [0.2, 0.25) is 10.0 Å². The molecule has 0 atom stereocenters. The van der Waals surface area contributed by atoms with Crippen LogP contribution in [0.25, 0.3) is 0 Å². The second kappa shape index (κ2) is 17.3. The van der Waals surface area contributed by atoms with Crippen molar-refractivity contribution in [1.82, 2.24) is 5.32 Å². The summed E-state index contributed by atoms with van der Waals surface area (Å²) in [5.74, 6) is 0.399. The molecule has 0 heterocycles. The maximum absolute atomic E-state index is 11.9. The maximum Gasteiger partial charge on any atom is 0.407 e. The Balaban J connectivity index is 0.000000267. The first-order chi connectivity index (χ1) is 22.1. The van der Waals surface area contributed by atoms with Crippen LogP contribution in [0, 0.1) is 13.8 Å². The smallest absolute Gasteiger partial charge is 0.407 e. The predicted molar refractivity (Wildman–Crippen MR) is 182 cm³/mol. The third-order valence-corrected chi connectivity index (χ3v) is 8.60. The van der Waals surface area contributed by atoms with Crippen molar-refractivity contribution in [2.75, 3.05) is 14.2 Å². The van der Waals surface area contributed by atoms with Crippen LogP contribution >= 0.6 is 23.2 Å². The second-order valence-corrected chi connectivity index (χ2v) is 13.9. The van der Waals surface area contributed by atoms with Gasteiger partial charge in [0.15, 0.2) is 0 Å². The van der Waals surface area contributed by atoms with Gasteiger partial charge in [-0.2, -0.15) is 0 Å². The van der Waals surface area contributed by atoms with Gasteiger partial charge in [0.25, 0.3) is 0 Å². The van der Waals surface area contributed by atoms with Crippen LogP contribution in [0.15, 0.2) is 24.3 Å². The van der Waals surface area contributed by atoms with Crippen molar-refractivity contribution in [3.8, 4) is 11.5 Å². The molecule has 0 unspecified atom stereocenters. The summed E-state index contributed by atoms with van der Waals surface area (Å²) in [4.78, 5) is 35.5. The van der Waals surface area contributed by atoms with Crippen LogP contribution in [0.5, 0.6) is 11.5 Å². The van der Waals surface area contributed by atoms with Gasteiger partial charge in [-0.1, -0.05) is 23.2 Å². The van der Waals surface area contributed by atoms with Crippen LogP contribution in [0.3, 0.4) is 0 Å². The van der Waals surface area contributed by atoms with Crippen molar-refractivity contribution in [2.45, 2.75) is 116 Å². The number of alkyl carbamates (subject to hydrolysis) is 1. The normalized spacial score (nSPS) is 21.0. The van der Waals surface area contributed by atoms with E-state index in [1.165, 1.54) is 14.2 Å². The summed E-state index contributed by atoms with van der Waals surface area (Å²) in [5.41, 5.74) is 7.70. The van der Waals surface area contributed by atoms with Gasteiger partial charge in [0.05, 0.1) is 37.6 Å². The molecule has 2 aromatic rings. The molecular weight excluding hydrogens is 647 g/mol. The fraction of sp³-hybridized carbons (Fsp3) is 0.571. The average molecular weight is 696 g/mol. The molecule has 2 aliphatic carbocycles. The van der Waals surface area contributed by atoms with Gasteiger partial charge in [-0.15, -0.1) is 0 Å². The lowest BCUT2D eigenvalue weighted by molar-refractivity contribution is 0.0470. The zero-order valence-corrected chi connectivity index (χ0v) is 29.9. The second-order valence-electron chi connectivity index (χ2n) is 13.0. The molecule has 0 spiro atoms. The number of methoxy groups -OCH3 is 2. The number of nitrogens with two attached hydrogens (primary N) is 1. The summed E-state index contributed by atoms with van der Waals surface area (Å²) in [6.45, 7) is 9.17. The molecule has 2 fully saturated rings. The number of rotatable bonds is 7. The van der Waals surface area contributed by atoms with Gasteiger partial charge in [0.1, 0.15) is 17.1 Å². The van der Waals surface area contributed by atoms with E-state index in [4.69, 9.17) is 52.6 Å². The Labute approximate surface area is 287 Å². The van der Waals surface area contributed by atoms with E-state index in [1.54, 1.807) is 24.3 Å². The number of benzene rings is 2. The molecule has 260 valence electrons. The predicted octanol–water partition coefficient (Wildman–Crippen LogP) is 7.73. The molecule has 2 aliphatic rings. The number of hydrogen-bond donors (Lipinski definition) is 2. The summed E-state index contributed by atoms with van der Waals surface area (Å²) < 4.78 is 27.0. The lowest BCUT2D eigenvalue weighted by Gasteiger charge is -2.30. The molecule has 12 heteroatoms. The lowest BCUT2D eigenvalue weighted by atomic mass is 9.93. The largest absolute Gasteiger partial charge is 0.490 e. The number of nitrogens with one attached hydrogen (secondary N) is 1. The number of amides is 1. The highest BCUT2D eigenvalue weighted by atomic mass is 35.5. The monoisotopic (exact) mass is 694 g/mol. The highest BCUT2D eigenvalue weighted by Crippen LogP contribution is 2.32. The van der Waals surface area contributed by atoms with Crippen LogP contribution in [-0.4, -0.2) is 62.1 Å². The van der Waals surface area contributed by atoms with E-state index in [0.29, 0.717) is 38.2 Å². The van der Waals surface area contributed by atoms with Crippen molar-refractivity contribution < 1.29 is 38.1 Å². The van der Waals surface area contributed by atoms with Gasteiger partial charge in [-0.05, 0) is 110 Å². The molecule has 2 saturated carbocycles. The summed E-state index contributed by atoms with van der Waals surface area (Å²) >= 11 is 12.2. The van der Waals surface area contributed by atoms with E-state index in [1.807, 2.05) is 34.6 Å². The number of hydrogen-bond acceptors (Lipinski definition) is 9. The molecule has 0 aromatic heterocycles. The van der Waals surface area contributed by atoms with E-state index in [2.05, 4.69) is 5.32 Å². The van der Waals surface area contributed by atoms with Crippen LogP contribution in [-0.2, 0) is 14.2 Å². The minimum Gasteiger partial charge on any atom is -0.490 e. The van der Waals surface area contributed by atoms with Gasteiger partial charge in [0, 0.05) is 33.3 Å². The molecule has 1 amide bonds. The Morgan fingerprint density at radius 1 is 0.723 bits per heavy atom. The zero-order valence-electron chi connectivity index (χ0n) is 28.4. The number of halogens is 2. The fourth-order valence-corrected chi connectivity index (χ4v) is 5.98.